The van der Waals surface area contributed by atoms with E-state index in [2.05, 4.69) is 20.8 Å². The molecule has 1 aliphatic rings. The minimum atomic E-state index is -4.75. The number of carbonyl (C=O) groups excluding carboxylic acids is 1. The van der Waals surface area contributed by atoms with Gasteiger partial charge in [0.1, 0.15) is 6.61 Å². The Morgan fingerprint density at radius 2 is 2.19 bits per heavy atom. The molecule has 16 heavy (non-hydrogen) atoms. The fraction of sp³-hybridized carbons (Fsp3) is 0.667. The van der Waals surface area contributed by atoms with Gasteiger partial charge in [-0.05, 0) is 6.92 Å². The summed E-state index contributed by atoms with van der Waals surface area (Å²) in [5, 5.41) is 0. The molecule has 7 heteroatoms. The molecule has 0 bridgehead atoms. The van der Waals surface area contributed by atoms with Crippen molar-refractivity contribution >= 4 is 5.97 Å². The molecular weight excluding hydrogens is 229 g/mol. The molecule has 0 amide bonds. The van der Waals surface area contributed by atoms with E-state index in [4.69, 9.17) is 0 Å². The van der Waals surface area contributed by atoms with Gasteiger partial charge in [0.15, 0.2) is 6.29 Å². The Balaban J connectivity index is 2.29. The lowest BCUT2D eigenvalue weighted by atomic mass is 10.1. The standard InChI is InChI=1S/C9H11F3O4/c1-5(2)7(13)14-3-6-4-15-8(6)16-9(10,11)12/h6,8H,1,3-4H2,2H3. The summed E-state index contributed by atoms with van der Waals surface area (Å²) in [6.45, 7) is 4.69. The predicted molar refractivity (Wildman–Crippen MR) is 46.1 cm³/mol. The summed E-state index contributed by atoms with van der Waals surface area (Å²) in [5.41, 5.74) is 0.188. The molecule has 0 aliphatic carbocycles. The zero-order valence-electron chi connectivity index (χ0n) is 8.54. The number of rotatable bonds is 4. The van der Waals surface area contributed by atoms with Crippen LogP contribution in [0.5, 0.6) is 0 Å². The van der Waals surface area contributed by atoms with Crippen molar-refractivity contribution in [3.8, 4) is 0 Å². The van der Waals surface area contributed by atoms with Crippen molar-refractivity contribution < 1.29 is 32.2 Å². The predicted octanol–water partition coefficient (Wildman–Crippen LogP) is 1.61. The van der Waals surface area contributed by atoms with E-state index in [0.717, 1.165) is 0 Å². The van der Waals surface area contributed by atoms with Crippen LogP contribution in [-0.2, 0) is 19.0 Å². The molecule has 1 aliphatic heterocycles. The maximum atomic E-state index is 11.8. The molecule has 2 unspecified atom stereocenters. The highest BCUT2D eigenvalue weighted by atomic mass is 19.4. The number of alkyl halides is 3. The van der Waals surface area contributed by atoms with Gasteiger partial charge in [0, 0.05) is 5.57 Å². The van der Waals surface area contributed by atoms with E-state index in [-0.39, 0.29) is 18.8 Å². The number of halogens is 3. The largest absolute Gasteiger partial charge is 0.524 e. The lowest BCUT2D eigenvalue weighted by Crippen LogP contribution is -2.47. The van der Waals surface area contributed by atoms with Crippen LogP contribution in [0.2, 0.25) is 0 Å². The first-order valence-corrected chi connectivity index (χ1v) is 4.48. The van der Waals surface area contributed by atoms with Crippen molar-refractivity contribution in [3.63, 3.8) is 0 Å². The monoisotopic (exact) mass is 240 g/mol. The van der Waals surface area contributed by atoms with Crippen LogP contribution in [0.25, 0.3) is 0 Å². The van der Waals surface area contributed by atoms with Gasteiger partial charge >= 0.3 is 12.3 Å². The Kier molecular flexibility index (Phi) is 3.93. The molecule has 2 atom stereocenters. The summed E-state index contributed by atoms with van der Waals surface area (Å²) in [6, 6.07) is 0. The fourth-order valence-electron chi connectivity index (χ4n) is 1.01. The molecule has 0 aromatic heterocycles. The Morgan fingerprint density at radius 1 is 1.56 bits per heavy atom. The highest BCUT2D eigenvalue weighted by Crippen LogP contribution is 2.29. The van der Waals surface area contributed by atoms with E-state index in [1.165, 1.54) is 6.92 Å². The third-order valence-electron chi connectivity index (χ3n) is 1.89. The molecule has 1 rings (SSSR count). The normalized spacial score (nSPS) is 24.8. The molecule has 1 fully saturated rings. The SMILES string of the molecule is C=C(C)C(=O)OCC1COC1OC(F)(F)F. The van der Waals surface area contributed by atoms with Gasteiger partial charge in [-0.3, -0.25) is 4.74 Å². The second-order valence-electron chi connectivity index (χ2n) is 3.40. The Labute approximate surface area is 90.0 Å². The summed E-state index contributed by atoms with van der Waals surface area (Å²) in [7, 11) is 0. The van der Waals surface area contributed by atoms with Crippen LogP contribution in [0.15, 0.2) is 12.2 Å². The number of carbonyl (C=O) groups is 1. The Morgan fingerprint density at radius 3 is 2.56 bits per heavy atom. The molecule has 1 saturated heterocycles. The lowest BCUT2D eigenvalue weighted by molar-refractivity contribution is -0.416. The highest BCUT2D eigenvalue weighted by molar-refractivity contribution is 5.86. The van der Waals surface area contributed by atoms with Crippen LogP contribution in [0.4, 0.5) is 13.2 Å². The van der Waals surface area contributed by atoms with Crippen LogP contribution in [-0.4, -0.2) is 31.8 Å². The minimum absolute atomic E-state index is 0.0736. The summed E-state index contributed by atoms with van der Waals surface area (Å²) in [5.74, 6) is -1.23. The fourth-order valence-corrected chi connectivity index (χ4v) is 1.01. The molecule has 0 aromatic rings. The van der Waals surface area contributed by atoms with Crippen LogP contribution < -0.4 is 0 Å². The maximum absolute atomic E-state index is 11.8. The van der Waals surface area contributed by atoms with Gasteiger partial charge < -0.3 is 9.47 Å². The average molecular weight is 240 g/mol. The number of hydrogen-bond donors (Lipinski definition) is 0. The molecule has 0 aromatic carbocycles. The van der Waals surface area contributed by atoms with E-state index in [0.29, 0.717) is 0 Å². The summed E-state index contributed by atoms with van der Waals surface area (Å²) in [6.07, 6.45) is -6.14. The molecular formula is C9H11F3O4. The van der Waals surface area contributed by atoms with Crippen LogP contribution >= 0.6 is 0 Å². The number of esters is 1. The molecule has 0 spiro atoms. The van der Waals surface area contributed by atoms with Crippen molar-refractivity contribution in [2.24, 2.45) is 5.92 Å². The smallest absolute Gasteiger partial charge is 0.462 e. The third kappa shape index (κ3) is 3.82. The average Bonchev–Trinajstić information content (AvgIpc) is 2.11. The molecule has 4 nitrogen and oxygen atoms in total. The molecule has 1 heterocycles. The Bertz CT molecular complexity index is 287. The first kappa shape index (κ1) is 13.0. The second kappa shape index (κ2) is 4.84. The molecule has 0 radical (unpaired) electrons. The quantitative estimate of drug-likeness (QED) is 0.553. The van der Waals surface area contributed by atoms with Crippen LogP contribution in [0, 0.1) is 5.92 Å². The van der Waals surface area contributed by atoms with E-state index < -0.39 is 24.5 Å². The Hall–Kier alpha value is -1.08. The van der Waals surface area contributed by atoms with E-state index in [9.17, 15) is 18.0 Å². The number of ether oxygens (including phenoxy) is 3. The van der Waals surface area contributed by atoms with E-state index in [1.807, 2.05) is 0 Å². The van der Waals surface area contributed by atoms with Crippen molar-refractivity contribution in [1.29, 1.82) is 0 Å². The zero-order chi connectivity index (χ0) is 12.3. The van der Waals surface area contributed by atoms with Crippen molar-refractivity contribution in [2.75, 3.05) is 13.2 Å². The van der Waals surface area contributed by atoms with Crippen molar-refractivity contribution in [3.05, 3.63) is 12.2 Å². The van der Waals surface area contributed by atoms with Crippen LogP contribution in [0.1, 0.15) is 6.92 Å². The summed E-state index contributed by atoms with van der Waals surface area (Å²) >= 11 is 0. The summed E-state index contributed by atoms with van der Waals surface area (Å²) in [4.78, 5) is 11.0. The van der Waals surface area contributed by atoms with Gasteiger partial charge in [-0.1, -0.05) is 6.58 Å². The van der Waals surface area contributed by atoms with E-state index in [1.54, 1.807) is 0 Å². The van der Waals surface area contributed by atoms with Gasteiger partial charge in [-0.2, -0.15) is 0 Å². The third-order valence-corrected chi connectivity index (χ3v) is 1.89. The first-order chi connectivity index (χ1) is 7.29. The summed E-state index contributed by atoms with van der Waals surface area (Å²) < 4.78 is 48.3. The van der Waals surface area contributed by atoms with Crippen molar-refractivity contribution in [1.82, 2.24) is 0 Å². The van der Waals surface area contributed by atoms with Crippen LogP contribution in [0.3, 0.4) is 0 Å². The van der Waals surface area contributed by atoms with Gasteiger partial charge in [-0.15, -0.1) is 13.2 Å². The van der Waals surface area contributed by atoms with Gasteiger partial charge in [0.25, 0.3) is 0 Å². The second-order valence-corrected chi connectivity index (χ2v) is 3.40. The topological polar surface area (TPSA) is 44.8 Å². The molecule has 0 N–H and O–H groups in total. The van der Waals surface area contributed by atoms with E-state index >= 15 is 0 Å². The zero-order valence-corrected chi connectivity index (χ0v) is 8.54. The first-order valence-electron chi connectivity index (χ1n) is 4.48. The minimum Gasteiger partial charge on any atom is -0.462 e. The van der Waals surface area contributed by atoms with Gasteiger partial charge in [0.2, 0.25) is 0 Å². The maximum Gasteiger partial charge on any atom is 0.524 e. The van der Waals surface area contributed by atoms with Gasteiger partial charge in [-0.25, -0.2) is 4.79 Å². The molecule has 92 valence electrons. The lowest BCUT2D eigenvalue weighted by Gasteiger charge is -2.35. The van der Waals surface area contributed by atoms with Gasteiger partial charge in [0.05, 0.1) is 12.5 Å². The highest BCUT2D eigenvalue weighted by Gasteiger charge is 2.43. The number of hydrogen-bond acceptors (Lipinski definition) is 4. The van der Waals surface area contributed by atoms with Crippen molar-refractivity contribution in [2.45, 2.75) is 19.6 Å². The molecule has 0 saturated carbocycles.